The van der Waals surface area contributed by atoms with Crippen LogP contribution >= 0.6 is 0 Å². The van der Waals surface area contributed by atoms with Crippen LogP contribution in [0.3, 0.4) is 0 Å². The highest BCUT2D eigenvalue weighted by Crippen LogP contribution is 2.33. The number of aliphatic hydroxyl groups is 1. The highest BCUT2D eigenvalue weighted by Gasteiger charge is 2.35. The van der Waals surface area contributed by atoms with Crippen LogP contribution in [0.5, 0.6) is 0 Å². The molecule has 1 fully saturated rings. The lowest BCUT2D eigenvalue weighted by molar-refractivity contribution is -0.00695. The van der Waals surface area contributed by atoms with E-state index in [2.05, 4.69) is 41.6 Å². The van der Waals surface area contributed by atoms with Gasteiger partial charge in [-0.15, -0.1) is 0 Å². The van der Waals surface area contributed by atoms with E-state index in [1.54, 1.807) is 18.3 Å². The second-order valence-corrected chi connectivity index (χ2v) is 7.58. The minimum atomic E-state index is -0.289. The lowest BCUT2D eigenvalue weighted by Gasteiger charge is -2.43. The first-order valence-corrected chi connectivity index (χ1v) is 9.22. The van der Waals surface area contributed by atoms with Crippen LogP contribution in [-0.4, -0.2) is 34.2 Å². The summed E-state index contributed by atoms with van der Waals surface area (Å²) in [5, 5.41) is 10.2. The van der Waals surface area contributed by atoms with E-state index < -0.39 is 0 Å². The van der Waals surface area contributed by atoms with E-state index in [1.165, 1.54) is 12.1 Å². The summed E-state index contributed by atoms with van der Waals surface area (Å²) in [4.78, 5) is 6.86. The number of aliphatic hydroxyl groups excluding tert-OH is 1. The van der Waals surface area contributed by atoms with E-state index in [4.69, 9.17) is 0 Å². The molecule has 1 aromatic heterocycles. The molecule has 0 bridgehead atoms. The molecule has 1 atom stereocenters. The maximum Gasteiger partial charge on any atom is 0.124 e. The number of pyridine rings is 1. The van der Waals surface area contributed by atoms with Gasteiger partial charge >= 0.3 is 0 Å². The average molecular weight is 364 g/mol. The van der Waals surface area contributed by atoms with Gasteiger partial charge in [0, 0.05) is 35.8 Å². The number of rotatable bonds is 2. The number of halogens is 1. The van der Waals surface area contributed by atoms with Gasteiger partial charge in [-0.05, 0) is 43.7 Å². The Balaban J connectivity index is 1.76. The normalized spacial score (nSPS) is 19.4. The predicted molar refractivity (Wildman–Crippen MR) is 106 cm³/mol. The Morgan fingerprint density at radius 3 is 2.67 bits per heavy atom. The predicted octanol–water partition coefficient (Wildman–Crippen LogP) is 4.07. The van der Waals surface area contributed by atoms with Gasteiger partial charge in [0.1, 0.15) is 5.82 Å². The van der Waals surface area contributed by atoms with Crippen molar-refractivity contribution in [3.05, 3.63) is 71.3 Å². The van der Waals surface area contributed by atoms with Crippen molar-refractivity contribution in [1.82, 2.24) is 9.88 Å². The fraction of sp³-hybridized carbons (Fsp3) is 0.348. The minimum Gasteiger partial charge on any atom is -0.392 e. The van der Waals surface area contributed by atoms with Gasteiger partial charge in [-0.3, -0.25) is 4.98 Å². The van der Waals surface area contributed by atoms with Crippen molar-refractivity contribution in [2.45, 2.75) is 33.3 Å². The molecule has 0 spiro atoms. The Labute approximate surface area is 160 Å². The molecule has 1 aromatic carbocycles. The van der Waals surface area contributed by atoms with E-state index in [0.29, 0.717) is 5.56 Å². The summed E-state index contributed by atoms with van der Waals surface area (Å²) in [6.07, 6.45) is 4.28. The zero-order chi connectivity index (χ0) is 19.4. The van der Waals surface area contributed by atoms with Gasteiger partial charge in [-0.2, -0.15) is 0 Å². The molecule has 27 heavy (non-hydrogen) atoms. The third-order valence-corrected chi connectivity index (χ3v) is 4.99. The topological polar surface area (TPSA) is 36.4 Å². The monoisotopic (exact) mass is 364 g/mol. The van der Waals surface area contributed by atoms with Crippen molar-refractivity contribution < 1.29 is 9.50 Å². The standard InChI is InChI=1S/C23H25FN2O/c1-4-21(26-13-12-22(27)23(2,3)16-26)20-11-10-18(15-25-20)9-8-17-6-5-7-19(24)14-17/h4-7,10-11,14-15,22,27H,12-13,16H2,1-3H3. The summed E-state index contributed by atoms with van der Waals surface area (Å²) >= 11 is 0. The minimum absolute atomic E-state index is 0.150. The molecule has 1 saturated heterocycles. The Bertz CT molecular complexity index is 891. The first kappa shape index (κ1) is 19.1. The van der Waals surface area contributed by atoms with Crippen LogP contribution < -0.4 is 0 Å². The van der Waals surface area contributed by atoms with Gasteiger partial charge in [-0.25, -0.2) is 4.39 Å². The van der Waals surface area contributed by atoms with Crippen LogP contribution in [0.2, 0.25) is 0 Å². The molecule has 0 saturated carbocycles. The third-order valence-electron chi connectivity index (χ3n) is 4.99. The number of nitrogens with zero attached hydrogens (tertiary/aromatic N) is 2. The van der Waals surface area contributed by atoms with Crippen molar-refractivity contribution in [2.75, 3.05) is 13.1 Å². The second-order valence-electron chi connectivity index (χ2n) is 7.58. The molecule has 1 aliphatic heterocycles. The van der Waals surface area contributed by atoms with Gasteiger partial charge in [0.25, 0.3) is 0 Å². The van der Waals surface area contributed by atoms with E-state index in [0.717, 1.165) is 36.5 Å². The van der Waals surface area contributed by atoms with Gasteiger partial charge in [-0.1, -0.05) is 37.8 Å². The lowest BCUT2D eigenvalue weighted by atomic mass is 9.81. The molecule has 2 aromatic rings. The summed E-state index contributed by atoms with van der Waals surface area (Å²) in [7, 11) is 0. The molecule has 3 rings (SSSR count). The Morgan fingerprint density at radius 2 is 2.04 bits per heavy atom. The molecule has 1 N–H and O–H groups in total. The fourth-order valence-electron chi connectivity index (χ4n) is 3.37. The van der Waals surface area contributed by atoms with Crippen LogP contribution in [0.1, 0.15) is 44.0 Å². The molecule has 0 radical (unpaired) electrons. The number of aromatic nitrogens is 1. The Hall–Kier alpha value is -2.64. The highest BCUT2D eigenvalue weighted by atomic mass is 19.1. The van der Waals surface area contributed by atoms with Crippen molar-refractivity contribution in [3.63, 3.8) is 0 Å². The molecule has 1 unspecified atom stereocenters. The van der Waals surface area contributed by atoms with Crippen LogP contribution in [0.25, 0.3) is 5.70 Å². The Morgan fingerprint density at radius 1 is 1.26 bits per heavy atom. The summed E-state index contributed by atoms with van der Waals surface area (Å²) < 4.78 is 13.2. The smallest absolute Gasteiger partial charge is 0.124 e. The molecule has 140 valence electrons. The van der Waals surface area contributed by atoms with E-state index >= 15 is 0 Å². The van der Waals surface area contributed by atoms with Crippen molar-refractivity contribution in [1.29, 1.82) is 0 Å². The molecule has 0 amide bonds. The van der Waals surface area contributed by atoms with Crippen molar-refractivity contribution in [2.24, 2.45) is 5.41 Å². The highest BCUT2D eigenvalue weighted by molar-refractivity contribution is 5.61. The maximum atomic E-state index is 13.2. The molecule has 0 aliphatic carbocycles. The quantitative estimate of drug-likeness (QED) is 0.816. The van der Waals surface area contributed by atoms with Crippen LogP contribution in [0.4, 0.5) is 4.39 Å². The molecule has 1 aliphatic rings. The number of allylic oxidation sites excluding steroid dienone is 1. The van der Waals surface area contributed by atoms with Gasteiger partial charge in [0.05, 0.1) is 17.5 Å². The van der Waals surface area contributed by atoms with Gasteiger partial charge in [0.15, 0.2) is 0 Å². The van der Waals surface area contributed by atoms with E-state index in [-0.39, 0.29) is 17.3 Å². The summed E-state index contributed by atoms with van der Waals surface area (Å²) in [5.41, 5.74) is 3.24. The number of hydrogen-bond acceptors (Lipinski definition) is 3. The largest absolute Gasteiger partial charge is 0.392 e. The summed E-state index contributed by atoms with van der Waals surface area (Å²) in [5.74, 6) is 5.70. The van der Waals surface area contributed by atoms with Gasteiger partial charge < -0.3 is 10.0 Å². The number of hydrogen-bond donors (Lipinski definition) is 1. The third kappa shape index (κ3) is 4.56. The summed E-state index contributed by atoms with van der Waals surface area (Å²) in [6, 6.07) is 10.1. The molecule has 3 nitrogen and oxygen atoms in total. The maximum absolute atomic E-state index is 13.2. The molecular formula is C23H25FN2O. The molecular weight excluding hydrogens is 339 g/mol. The number of piperidine rings is 1. The zero-order valence-corrected chi connectivity index (χ0v) is 16.0. The molecule has 2 heterocycles. The van der Waals surface area contributed by atoms with Crippen LogP contribution in [-0.2, 0) is 0 Å². The second kappa shape index (κ2) is 7.94. The van der Waals surface area contributed by atoms with E-state index in [9.17, 15) is 9.50 Å². The first-order valence-electron chi connectivity index (χ1n) is 9.22. The van der Waals surface area contributed by atoms with Crippen LogP contribution in [0.15, 0.2) is 48.7 Å². The fourth-order valence-corrected chi connectivity index (χ4v) is 3.37. The SMILES string of the molecule is CC=C(c1ccc(C#Cc2cccc(F)c2)cn1)N1CCC(O)C(C)(C)C1. The Kier molecular flexibility index (Phi) is 5.62. The van der Waals surface area contributed by atoms with Crippen molar-refractivity contribution >= 4 is 5.70 Å². The van der Waals surface area contributed by atoms with Crippen LogP contribution in [0, 0.1) is 23.1 Å². The number of likely N-dealkylation sites (tertiary alicyclic amines) is 1. The zero-order valence-electron chi connectivity index (χ0n) is 16.0. The van der Waals surface area contributed by atoms with E-state index in [1.807, 2.05) is 19.1 Å². The molecule has 4 heteroatoms. The van der Waals surface area contributed by atoms with Gasteiger partial charge in [0.2, 0.25) is 0 Å². The lowest BCUT2D eigenvalue weighted by Crippen LogP contribution is -2.47. The summed E-state index contributed by atoms with van der Waals surface area (Å²) in [6.45, 7) is 7.79. The number of benzene rings is 1. The van der Waals surface area contributed by atoms with Crippen molar-refractivity contribution in [3.8, 4) is 11.8 Å². The first-order chi connectivity index (χ1) is 12.9. The average Bonchev–Trinajstić information content (AvgIpc) is 2.64.